The van der Waals surface area contributed by atoms with Crippen LogP contribution in [0.25, 0.3) is 0 Å². The Morgan fingerprint density at radius 1 is 0.966 bits per heavy atom. The molecule has 2 aromatic rings. The first-order valence-electron chi connectivity index (χ1n) is 9.44. The molecule has 2 aromatic carbocycles. The molecule has 3 rings (SSSR count). The highest BCUT2D eigenvalue weighted by molar-refractivity contribution is 8.07. The summed E-state index contributed by atoms with van der Waals surface area (Å²) in [5, 5.41) is -0.888. The Balaban J connectivity index is 2.00. The summed E-state index contributed by atoms with van der Waals surface area (Å²) in [6.45, 7) is 3.68. The molecule has 4 nitrogen and oxygen atoms in total. The lowest BCUT2D eigenvalue weighted by Gasteiger charge is -2.22. The molecule has 1 heterocycles. The Hall–Kier alpha value is -1.83. The van der Waals surface area contributed by atoms with Crippen LogP contribution in [0.3, 0.4) is 0 Å². The van der Waals surface area contributed by atoms with Crippen LogP contribution in [-0.4, -0.2) is 27.3 Å². The molecule has 7 heteroatoms. The number of sulfone groups is 2. The highest BCUT2D eigenvalue weighted by atomic mass is 32.2. The molecule has 1 aliphatic heterocycles. The molecule has 154 valence electrons. The topological polar surface area (TPSA) is 68.3 Å². The van der Waals surface area contributed by atoms with Gasteiger partial charge in [0.25, 0.3) is 0 Å². The number of unbranched alkanes of at least 4 members (excludes halogenated alkanes) is 2. The van der Waals surface area contributed by atoms with Crippen molar-refractivity contribution in [1.29, 1.82) is 0 Å². The zero-order valence-electron chi connectivity index (χ0n) is 16.0. The Morgan fingerprint density at radius 3 is 2.21 bits per heavy atom. The van der Waals surface area contributed by atoms with Gasteiger partial charge in [0.15, 0.2) is 19.7 Å². The van der Waals surface area contributed by atoms with E-state index in [0.717, 1.165) is 17.7 Å². The average molecular weight is 449 g/mol. The third-order valence-corrected chi connectivity index (χ3v) is 10.6. The fourth-order valence-electron chi connectivity index (χ4n) is 3.44. The predicted octanol–water partition coefficient (Wildman–Crippen LogP) is 5.01. The third-order valence-electron chi connectivity index (χ3n) is 4.85. The van der Waals surface area contributed by atoms with Crippen molar-refractivity contribution < 1.29 is 16.8 Å². The molecule has 0 aliphatic carbocycles. The number of hydrogen-bond acceptors (Lipinski definition) is 5. The fourth-order valence-corrected chi connectivity index (χ4v) is 9.85. The predicted molar refractivity (Wildman–Crippen MR) is 119 cm³/mol. The quantitative estimate of drug-likeness (QED) is 0.399. The molecule has 0 saturated heterocycles. The van der Waals surface area contributed by atoms with E-state index in [9.17, 15) is 16.8 Å². The van der Waals surface area contributed by atoms with E-state index in [1.165, 1.54) is 29.3 Å². The van der Waals surface area contributed by atoms with Crippen LogP contribution in [0.1, 0.15) is 25.7 Å². The maximum absolute atomic E-state index is 13.5. The monoisotopic (exact) mass is 448 g/mol. The van der Waals surface area contributed by atoms with E-state index >= 15 is 0 Å². The smallest absolute Gasteiger partial charge is 0.187 e. The van der Waals surface area contributed by atoms with Crippen LogP contribution in [-0.2, 0) is 19.7 Å². The van der Waals surface area contributed by atoms with Crippen LogP contribution in [0.5, 0.6) is 0 Å². The van der Waals surface area contributed by atoms with E-state index in [2.05, 4.69) is 6.58 Å². The molecule has 0 N–H and O–H groups in total. The fraction of sp³-hybridized carbons (Fsp3) is 0.273. The molecule has 0 radical (unpaired) electrons. The van der Waals surface area contributed by atoms with Crippen molar-refractivity contribution in [3.05, 3.63) is 83.6 Å². The zero-order chi connectivity index (χ0) is 20.9. The Labute approximate surface area is 177 Å². The van der Waals surface area contributed by atoms with Gasteiger partial charge in [-0.3, -0.25) is 0 Å². The summed E-state index contributed by atoms with van der Waals surface area (Å²) in [6, 6.07) is 17.4. The summed E-state index contributed by atoms with van der Waals surface area (Å²) < 4.78 is 52.9. The maximum atomic E-state index is 13.5. The van der Waals surface area contributed by atoms with E-state index in [1.807, 2.05) is 30.3 Å². The van der Waals surface area contributed by atoms with Crippen molar-refractivity contribution in [1.82, 2.24) is 0 Å². The summed E-state index contributed by atoms with van der Waals surface area (Å²) >= 11 is 1.22. The summed E-state index contributed by atoms with van der Waals surface area (Å²) in [5.74, 6) is 0. The van der Waals surface area contributed by atoms with Gasteiger partial charge in [-0.15, -0.1) is 6.58 Å². The molecule has 0 saturated carbocycles. The molecular formula is C22H24O4S3. The lowest BCUT2D eigenvalue weighted by Crippen LogP contribution is -2.35. The largest absolute Gasteiger partial charge is 0.224 e. The van der Waals surface area contributed by atoms with Gasteiger partial charge < -0.3 is 0 Å². The molecule has 0 fully saturated rings. The van der Waals surface area contributed by atoms with Gasteiger partial charge in [0, 0.05) is 15.2 Å². The van der Waals surface area contributed by atoms with Crippen LogP contribution >= 0.6 is 11.8 Å². The van der Waals surface area contributed by atoms with Gasteiger partial charge >= 0.3 is 0 Å². The van der Waals surface area contributed by atoms with Crippen molar-refractivity contribution >= 4 is 31.4 Å². The van der Waals surface area contributed by atoms with Crippen LogP contribution < -0.4 is 0 Å². The first-order valence-corrected chi connectivity index (χ1v) is 13.4. The highest BCUT2D eigenvalue weighted by Crippen LogP contribution is 2.44. The minimum atomic E-state index is -3.86. The van der Waals surface area contributed by atoms with Gasteiger partial charge in [-0.2, -0.15) is 0 Å². The molecule has 0 amide bonds. The van der Waals surface area contributed by atoms with Gasteiger partial charge in [-0.05, 0) is 43.5 Å². The SMILES string of the molecule is C=CCCCCC1C(S(=O)(=O)c2ccccc2)C(Sc2ccccc2)=CS1(=O)=O. The lowest BCUT2D eigenvalue weighted by atomic mass is 10.1. The normalized spacial score (nSPS) is 20.9. The second kappa shape index (κ2) is 9.32. The van der Waals surface area contributed by atoms with Crippen molar-refractivity contribution in [3.8, 4) is 0 Å². The first kappa shape index (κ1) is 21.9. The number of hydrogen-bond donors (Lipinski definition) is 0. The van der Waals surface area contributed by atoms with Crippen LogP contribution in [0.15, 0.2) is 93.4 Å². The number of rotatable bonds is 9. The molecule has 1 aliphatic rings. The number of allylic oxidation sites excluding steroid dienone is 1. The van der Waals surface area contributed by atoms with Crippen LogP contribution in [0.2, 0.25) is 0 Å². The zero-order valence-corrected chi connectivity index (χ0v) is 18.4. The van der Waals surface area contributed by atoms with E-state index in [4.69, 9.17) is 0 Å². The van der Waals surface area contributed by atoms with E-state index in [1.54, 1.807) is 24.3 Å². The minimum absolute atomic E-state index is 0.151. The Bertz CT molecular complexity index is 1070. The minimum Gasteiger partial charge on any atom is -0.224 e. The molecular weight excluding hydrogens is 424 g/mol. The summed E-state index contributed by atoms with van der Waals surface area (Å²) in [4.78, 5) is 1.33. The Kier molecular flexibility index (Phi) is 7.03. The van der Waals surface area contributed by atoms with E-state index < -0.39 is 30.2 Å². The van der Waals surface area contributed by atoms with Gasteiger partial charge in [0.2, 0.25) is 0 Å². The van der Waals surface area contributed by atoms with Crippen molar-refractivity contribution in [2.45, 2.75) is 46.0 Å². The Morgan fingerprint density at radius 2 is 1.59 bits per heavy atom. The van der Waals surface area contributed by atoms with Crippen molar-refractivity contribution in [3.63, 3.8) is 0 Å². The summed E-state index contributed by atoms with van der Waals surface area (Å²) in [6.07, 6.45) is 4.29. The van der Waals surface area contributed by atoms with Crippen LogP contribution in [0.4, 0.5) is 0 Å². The molecule has 2 unspecified atom stereocenters. The maximum Gasteiger partial charge on any atom is 0.187 e. The molecule has 0 bridgehead atoms. The van der Waals surface area contributed by atoms with Gasteiger partial charge in [0.05, 0.1) is 10.1 Å². The molecule has 0 aromatic heterocycles. The molecule has 29 heavy (non-hydrogen) atoms. The highest BCUT2D eigenvalue weighted by Gasteiger charge is 2.48. The summed E-state index contributed by atoms with van der Waals surface area (Å²) in [5.41, 5.74) is 0. The number of thioether (sulfide) groups is 1. The standard InChI is InChI=1S/C22H24O4S3/c1-2-3-4-11-16-21-22(29(25,26)19-14-9-6-10-15-19)20(17-28(21,23)24)27-18-12-7-5-8-13-18/h2,5-10,12-15,17,21-22H,1,3-4,11,16H2. The van der Waals surface area contributed by atoms with Crippen LogP contribution in [0, 0.1) is 0 Å². The molecule has 2 atom stereocenters. The second-order valence-electron chi connectivity index (χ2n) is 6.91. The average Bonchev–Trinajstić information content (AvgIpc) is 2.96. The van der Waals surface area contributed by atoms with Gasteiger partial charge in [-0.25, -0.2) is 16.8 Å². The van der Waals surface area contributed by atoms with Gasteiger partial charge in [-0.1, -0.05) is 60.7 Å². The van der Waals surface area contributed by atoms with E-state index in [0.29, 0.717) is 17.7 Å². The van der Waals surface area contributed by atoms with E-state index in [-0.39, 0.29) is 4.90 Å². The number of benzene rings is 2. The van der Waals surface area contributed by atoms with Crippen molar-refractivity contribution in [2.24, 2.45) is 0 Å². The first-order chi connectivity index (χ1) is 13.9. The second-order valence-corrected chi connectivity index (χ2v) is 12.2. The van der Waals surface area contributed by atoms with Crippen molar-refractivity contribution in [2.75, 3.05) is 0 Å². The van der Waals surface area contributed by atoms with Gasteiger partial charge in [0.1, 0.15) is 5.25 Å². The third kappa shape index (κ3) is 5.02. The molecule has 0 spiro atoms. The lowest BCUT2D eigenvalue weighted by molar-refractivity contribution is 0.555. The summed E-state index contributed by atoms with van der Waals surface area (Å²) in [7, 11) is -7.53.